The van der Waals surface area contributed by atoms with Crippen LogP contribution < -0.4 is 5.32 Å². The second-order valence-corrected chi connectivity index (χ2v) is 10.3. The molecule has 0 bridgehead atoms. The number of amides is 1. The van der Waals surface area contributed by atoms with Crippen molar-refractivity contribution >= 4 is 33.9 Å². The van der Waals surface area contributed by atoms with Gasteiger partial charge in [0.1, 0.15) is 11.5 Å². The van der Waals surface area contributed by atoms with Crippen LogP contribution in [0.25, 0.3) is 33.2 Å². The highest BCUT2D eigenvalue weighted by Gasteiger charge is 2.46. The van der Waals surface area contributed by atoms with E-state index in [0.29, 0.717) is 34.3 Å². The third-order valence-electron chi connectivity index (χ3n) is 7.88. The molecule has 1 aromatic carbocycles. The molecule has 6 rings (SSSR count). The summed E-state index contributed by atoms with van der Waals surface area (Å²) < 4.78 is 27.8. The summed E-state index contributed by atoms with van der Waals surface area (Å²) in [7, 11) is 0. The van der Waals surface area contributed by atoms with Gasteiger partial charge in [-0.05, 0) is 50.3 Å². The number of imidazole rings is 1. The van der Waals surface area contributed by atoms with Gasteiger partial charge in [0.2, 0.25) is 11.9 Å². The molecule has 36 heavy (non-hydrogen) atoms. The lowest BCUT2D eigenvalue weighted by Crippen LogP contribution is -2.59. The molecule has 1 amide bonds. The van der Waals surface area contributed by atoms with Gasteiger partial charge >= 0.3 is 0 Å². The first-order chi connectivity index (χ1) is 17.3. The molecule has 1 aliphatic heterocycles. The van der Waals surface area contributed by atoms with E-state index in [4.69, 9.17) is 4.98 Å². The van der Waals surface area contributed by atoms with E-state index >= 15 is 0 Å². The normalized spacial score (nSPS) is 17.9. The smallest absolute Gasteiger partial charge is 0.256 e. The lowest BCUT2D eigenvalue weighted by molar-refractivity contribution is -0.143. The molecule has 0 radical (unpaired) electrons. The Morgan fingerprint density at radius 3 is 2.75 bits per heavy atom. The molecule has 3 aromatic heterocycles. The maximum atomic E-state index is 13.1. The Kier molecular flexibility index (Phi) is 5.42. The number of nitrogens with one attached hydrogen (secondary N) is 2. The third kappa shape index (κ3) is 3.98. The van der Waals surface area contributed by atoms with Crippen molar-refractivity contribution in [2.24, 2.45) is 5.41 Å². The highest BCUT2D eigenvalue weighted by atomic mass is 19.3. The number of nitrogens with zero attached hydrogens (tertiary/aromatic N) is 5. The highest BCUT2D eigenvalue weighted by molar-refractivity contribution is 5.95. The number of anilines is 1. The van der Waals surface area contributed by atoms with Gasteiger partial charge in [-0.2, -0.15) is 4.98 Å². The molecule has 1 saturated carbocycles. The molecule has 2 N–H and O–H groups in total. The van der Waals surface area contributed by atoms with E-state index in [2.05, 4.69) is 20.3 Å². The first-order valence-electron chi connectivity index (χ1n) is 12.4. The number of H-pyrrole nitrogens is 1. The standard InChI is InChI=1S/C26H29F2N7O/c1-15-31-21-4-3-17(9-22(21)35(15)12-23(27)28)19-10-29-24-20(19)11-30-25(33-24)32-18-5-7-26(8-6-18)13-34(14-26)16(2)36/h3-4,9-11,18,23H,5-8,12-14H2,1-2H3,(H2,29,30,32,33). The van der Waals surface area contributed by atoms with Crippen molar-refractivity contribution in [3.8, 4) is 11.1 Å². The molecule has 2 fully saturated rings. The zero-order valence-corrected chi connectivity index (χ0v) is 20.4. The van der Waals surface area contributed by atoms with E-state index in [0.717, 1.165) is 60.9 Å². The lowest BCUT2D eigenvalue weighted by Gasteiger charge is -2.53. The summed E-state index contributed by atoms with van der Waals surface area (Å²) in [5.74, 6) is 1.33. The summed E-state index contributed by atoms with van der Waals surface area (Å²) >= 11 is 0. The Morgan fingerprint density at radius 2 is 2.03 bits per heavy atom. The van der Waals surface area contributed by atoms with E-state index in [-0.39, 0.29) is 12.5 Å². The van der Waals surface area contributed by atoms with Crippen molar-refractivity contribution in [3.05, 3.63) is 36.4 Å². The molecule has 1 aliphatic carbocycles. The predicted molar refractivity (Wildman–Crippen MR) is 134 cm³/mol. The maximum absolute atomic E-state index is 13.1. The second-order valence-electron chi connectivity index (χ2n) is 10.3. The number of carbonyl (C=O) groups is 1. The first-order valence-corrected chi connectivity index (χ1v) is 12.4. The van der Waals surface area contributed by atoms with Crippen LogP contribution in [-0.2, 0) is 11.3 Å². The van der Waals surface area contributed by atoms with E-state index in [1.54, 1.807) is 18.4 Å². The van der Waals surface area contributed by atoms with E-state index in [1.807, 2.05) is 35.5 Å². The van der Waals surface area contributed by atoms with Crippen LogP contribution >= 0.6 is 0 Å². The van der Waals surface area contributed by atoms with Gasteiger partial charge in [0.05, 0.1) is 17.6 Å². The molecule has 1 spiro atoms. The van der Waals surface area contributed by atoms with Gasteiger partial charge in [0.25, 0.3) is 6.43 Å². The third-order valence-corrected chi connectivity index (χ3v) is 7.88. The fourth-order valence-electron chi connectivity index (χ4n) is 5.85. The zero-order valence-electron chi connectivity index (χ0n) is 20.4. The molecule has 0 atom stereocenters. The molecular weight excluding hydrogens is 464 g/mol. The molecule has 4 aromatic rings. The number of hydrogen-bond donors (Lipinski definition) is 2. The summed E-state index contributed by atoms with van der Waals surface area (Å²) in [6.07, 6.45) is 5.52. The number of likely N-dealkylation sites (tertiary alicyclic amines) is 1. The molecule has 0 unspecified atom stereocenters. The fourth-order valence-corrected chi connectivity index (χ4v) is 5.85. The van der Waals surface area contributed by atoms with Gasteiger partial charge in [0, 0.05) is 54.8 Å². The van der Waals surface area contributed by atoms with Crippen molar-refractivity contribution in [1.29, 1.82) is 0 Å². The molecule has 188 valence electrons. The number of aromatic amines is 1. The zero-order chi connectivity index (χ0) is 25.0. The number of benzene rings is 1. The number of alkyl halides is 2. The van der Waals surface area contributed by atoms with Gasteiger partial charge in [-0.3, -0.25) is 4.79 Å². The van der Waals surface area contributed by atoms with Crippen LogP contribution in [-0.4, -0.2) is 60.9 Å². The molecule has 10 heteroatoms. The van der Waals surface area contributed by atoms with Gasteiger partial charge in [-0.15, -0.1) is 0 Å². The first kappa shape index (κ1) is 22.9. The van der Waals surface area contributed by atoms with Crippen LogP contribution in [0.3, 0.4) is 0 Å². The van der Waals surface area contributed by atoms with Gasteiger partial charge in [-0.25, -0.2) is 18.7 Å². The SMILES string of the molecule is CC(=O)N1CC2(CCC(Nc3ncc4c(-c5ccc6nc(C)n(CC(F)F)c6c5)c[nH]c4n3)CC2)C1. The molecule has 1 saturated heterocycles. The summed E-state index contributed by atoms with van der Waals surface area (Å²) in [4.78, 5) is 30.4. The van der Waals surface area contributed by atoms with Gasteiger partial charge in [-0.1, -0.05) is 6.07 Å². The van der Waals surface area contributed by atoms with Crippen molar-refractivity contribution < 1.29 is 13.6 Å². The predicted octanol–water partition coefficient (Wildman–Crippen LogP) is 4.75. The molecule has 2 aliphatic rings. The van der Waals surface area contributed by atoms with Crippen LogP contribution in [0.5, 0.6) is 0 Å². The Balaban J connectivity index is 1.19. The number of halogens is 2. The Labute approximate surface area is 207 Å². The lowest BCUT2D eigenvalue weighted by atomic mass is 9.67. The quantitative estimate of drug-likeness (QED) is 0.419. The van der Waals surface area contributed by atoms with E-state index in [1.165, 1.54) is 0 Å². The minimum atomic E-state index is -2.45. The van der Waals surface area contributed by atoms with E-state index < -0.39 is 6.43 Å². The monoisotopic (exact) mass is 493 g/mol. The number of aryl methyl sites for hydroxylation is 1. The fraction of sp³-hybridized carbons (Fsp3) is 0.462. The van der Waals surface area contributed by atoms with Crippen molar-refractivity contribution in [3.63, 3.8) is 0 Å². The largest absolute Gasteiger partial charge is 0.351 e. The summed E-state index contributed by atoms with van der Waals surface area (Å²) in [5.41, 5.74) is 4.22. The molecular formula is C26H29F2N7O. The van der Waals surface area contributed by atoms with Crippen LogP contribution in [0.1, 0.15) is 38.4 Å². The van der Waals surface area contributed by atoms with Crippen LogP contribution in [0.2, 0.25) is 0 Å². The second kappa shape index (κ2) is 8.53. The summed E-state index contributed by atoms with van der Waals surface area (Å²) in [6, 6.07) is 6.03. The van der Waals surface area contributed by atoms with Gasteiger partial charge in [0.15, 0.2) is 0 Å². The van der Waals surface area contributed by atoms with Crippen LogP contribution in [0.15, 0.2) is 30.6 Å². The number of fused-ring (bicyclic) bond motifs is 2. The van der Waals surface area contributed by atoms with Crippen molar-refractivity contribution in [1.82, 2.24) is 29.4 Å². The highest BCUT2D eigenvalue weighted by Crippen LogP contribution is 2.44. The number of rotatable bonds is 5. The average Bonchev–Trinajstić information content (AvgIpc) is 3.38. The minimum Gasteiger partial charge on any atom is -0.351 e. The molecule has 4 heterocycles. The number of hydrogen-bond acceptors (Lipinski definition) is 5. The van der Waals surface area contributed by atoms with Crippen molar-refractivity contribution in [2.45, 2.75) is 58.5 Å². The number of aromatic nitrogens is 5. The summed E-state index contributed by atoms with van der Waals surface area (Å²) in [6.45, 7) is 4.78. The van der Waals surface area contributed by atoms with Gasteiger partial charge < -0.3 is 19.8 Å². The van der Waals surface area contributed by atoms with Crippen LogP contribution in [0, 0.1) is 12.3 Å². The van der Waals surface area contributed by atoms with Crippen molar-refractivity contribution in [2.75, 3.05) is 18.4 Å². The number of carbonyl (C=O) groups excluding carboxylic acids is 1. The Bertz CT molecular complexity index is 1440. The maximum Gasteiger partial charge on any atom is 0.256 e. The topological polar surface area (TPSA) is 91.7 Å². The van der Waals surface area contributed by atoms with E-state index in [9.17, 15) is 13.6 Å². The minimum absolute atomic E-state index is 0.168. The molecule has 8 nitrogen and oxygen atoms in total. The Hall–Kier alpha value is -3.56. The Morgan fingerprint density at radius 1 is 1.25 bits per heavy atom. The van der Waals surface area contributed by atoms with Crippen LogP contribution in [0.4, 0.5) is 14.7 Å². The summed E-state index contributed by atoms with van der Waals surface area (Å²) in [5, 5.41) is 4.36. The average molecular weight is 494 g/mol.